The topological polar surface area (TPSA) is 67.9 Å². The number of ether oxygens (including phenoxy) is 2. The first-order valence-corrected chi connectivity index (χ1v) is 9.31. The van der Waals surface area contributed by atoms with Crippen molar-refractivity contribution >= 4 is 12.0 Å². The molecule has 150 valence electrons. The highest BCUT2D eigenvalue weighted by Gasteiger charge is 2.34. The predicted molar refractivity (Wildman–Crippen MR) is 110 cm³/mol. The van der Waals surface area contributed by atoms with Gasteiger partial charge in [-0.2, -0.15) is 0 Å². The van der Waals surface area contributed by atoms with Gasteiger partial charge in [-0.25, -0.2) is 9.59 Å². The van der Waals surface area contributed by atoms with Crippen LogP contribution in [0.4, 0.5) is 4.79 Å². The molecule has 1 aliphatic heterocycles. The highest BCUT2D eigenvalue weighted by molar-refractivity contribution is 5.95. The lowest BCUT2D eigenvalue weighted by Gasteiger charge is -2.33. The number of carbonyl (C=O) groups is 2. The minimum absolute atomic E-state index is 0.103. The van der Waals surface area contributed by atoms with Crippen molar-refractivity contribution in [2.75, 3.05) is 13.7 Å². The lowest BCUT2D eigenvalue weighted by molar-refractivity contribution is -0.138. The van der Waals surface area contributed by atoms with Crippen LogP contribution in [0.15, 0.2) is 78.5 Å². The van der Waals surface area contributed by atoms with E-state index < -0.39 is 12.0 Å². The van der Waals surface area contributed by atoms with Crippen molar-refractivity contribution in [1.82, 2.24) is 10.2 Å². The summed E-state index contributed by atoms with van der Waals surface area (Å²) >= 11 is 0. The maximum atomic E-state index is 12.6. The second-order valence-corrected chi connectivity index (χ2v) is 6.67. The summed E-state index contributed by atoms with van der Waals surface area (Å²) in [6, 6.07) is 16.3. The summed E-state index contributed by atoms with van der Waals surface area (Å²) in [4.78, 5) is 26.3. The van der Waals surface area contributed by atoms with Crippen LogP contribution in [-0.2, 0) is 16.1 Å². The molecule has 1 atom stereocenters. The van der Waals surface area contributed by atoms with Gasteiger partial charge in [-0.1, -0.05) is 55.1 Å². The van der Waals surface area contributed by atoms with Crippen molar-refractivity contribution in [2.24, 2.45) is 0 Å². The molecular weight excluding hydrogens is 368 g/mol. The molecule has 0 saturated heterocycles. The van der Waals surface area contributed by atoms with E-state index in [1.807, 2.05) is 54.6 Å². The SMILES string of the molecule is C=CCOC(=O)C1=C(C)N(C)C(=O)N[C@H]1c1ccc(OCc2ccccc2)cc1. The van der Waals surface area contributed by atoms with Crippen molar-refractivity contribution in [3.05, 3.63) is 89.6 Å². The minimum Gasteiger partial charge on any atom is -0.489 e. The van der Waals surface area contributed by atoms with Crippen LogP contribution >= 0.6 is 0 Å². The Morgan fingerprint density at radius 3 is 2.52 bits per heavy atom. The third-order valence-corrected chi connectivity index (χ3v) is 4.77. The van der Waals surface area contributed by atoms with Gasteiger partial charge >= 0.3 is 12.0 Å². The van der Waals surface area contributed by atoms with Crippen LogP contribution in [0, 0.1) is 0 Å². The van der Waals surface area contributed by atoms with E-state index in [0.29, 0.717) is 23.6 Å². The first-order valence-electron chi connectivity index (χ1n) is 9.31. The summed E-state index contributed by atoms with van der Waals surface area (Å²) in [5.74, 6) is 0.219. The Bertz CT molecular complexity index is 920. The summed E-state index contributed by atoms with van der Waals surface area (Å²) in [5, 5.41) is 2.86. The quantitative estimate of drug-likeness (QED) is 0.572. The maximum Gasteiger partial charge on any atom is 0.338 e. The van der Waals surface area contributed by atoms with Gasteiger partial charge in [0.15, 0.2) is 0 Å². The molecule has 0 bridgehead atoms. The van der Waals surface area contributed by atoms with Gasteiger partial charge in [0.2, 0.25) is 0 Å². The number of rotatable bonds is 7. The average molecular weight is 392 g/mol. The second-order valence-electron chi connectivity index (χ2n) is 6.67. The zero-order valence-corrected chi connectivity index (χ0v) is 16.6. The Balaban J connectivity index is 1.80. The average Bonchev–Trinajstić information content (AvgIpc) is 2.75. The van der Waals surface area contributed by atoms with E-state index in [1.54, 1.807) is 14.0 Å². The lowest BCUT2D eigenvalue weighted by Crippen LogP contribution is -2.46. The van der Waals surface area contributed by atoms with Gasteiger partial charge in [0, 0.05) is 12.7 Å². The largest absolute Gasteiger partial charge is 0.489 e. The highest BCUT2D eigenvalue weighted by Crippen LogP contribution is 2.31. The van der Waals surface area contributed by atoms with Gasteiger partial charge in [-0.15, -0.1) is 0 Å². The van der Waals surface area contributed by atoms with E-state index in [0.717, 1.165) is 11.1 Å². The van der Waals surface area contributed by atoms with Crippen molar-refractivity contribution in [3.63, 3.8) is 0 Å². The van der Waals surface area contributed by atoms with Crippen LogP contribution < -0.4 is 10.1 Å². The van der Waals surface area contributed by atoms with Gasteiger partial charge < -0.3 is 19.7 Å². The van der Waals surface area contributed by atoms with Crippen molar-refractivity contribution in [3.8, 4) is 5.75 Å². The standard InChI is InChI=1S/C23H24N2O4/c1-4-14-28-22(26)20-16(2)25(3)23(27)24-21(20)18-10-12-19(13-11-18)29-15-17-8-6-5-7-9-17/h4-13,21H,1,14-15H2,2-3H3,(H,24,27)/t21-/m0/s1. The molecule has 0 unspecified atom stereocenters. The number of nitrogens with zero attached hydrogens (tertiary/aromatic N) is 1. The molecule has 1 N–H and O–H groups in total. The molecule has 29 heavy (non-hydrogen) atoms. The number of hydrogen-bond acceptors (Lipinski definition) is 4. The molecule has 0 spiro atoms. The molecule has 0 radical (unpaired) electrons. The summed E-state index contributed by atoms with van der Waals surface area (Å²) in [6.45, 7) is 5.86. The molecule has 6 nitrogen and oxygen atoms in total. The normalized spacial score (nSPS) is 16.3. The monoisotopic (exact) mass is 392 g/mol. The first kappa shape index (κ1) is 20.2. The fourth-order valence-corrected chi connectivity index (χ4v) is 3.06. The number of amides is 2. The maximum absolute atomic E-state index is 12.6. The Morgan fingerprint density at radius 1 is 1.17 bits per heavy atom. The van der Waals surface area contributed by atoms with Crippen molar-refractivity contribution in [1.29, 1.82) is 0 Å². The molecule has 0 fully saturated rings. The molecule has 2 aromatic rings. The zero-order valence-electron chi connectivity index (χ0n) is 16.6. The molecule has 6 heteroatoms. The lowest BCUT2D eigenvalue weighted by atomic mass is 9.95. The molecule has 2 aromatic carbocycles. The molecule has 2 amide bonds. The van der Waals surface area contributed by atoms with Crippen molar-refractivity contribution in [2.45, 2.75) is 19.6 Å². The van der Waals surface area contributed by atoms with Crippen LogP contribution in [0.25, 0.3) is 0 Å². The van der Waals surface area contributed by atoms with E-state index in [4.69, 9.17) is 9.47 Å². The molecule has 3 rings (SSSR count). The number of esters is 1. The van der Waals surface area contributed by atoms with Crippen LogP contribution in [-0.4, -0.2) is 30.6 Å². The molecule has 0 aliphatic carbocycles. The Labute approximate surface area is 170 Å². The smallest absolute Gasteiger partial charge is 0.338 e. The summed E-state index contributed by atoms with van der Waals surface area (Å²) in [5.41, 5.74) is 2.79. The third kappa shape index (κ3) is 4.66. The Morgan fingerprint density at radius 2 is 1.86 bits per heavy atom. The van der Waals surface area contributed by atoms with Crippen LogP contribution in [0.2, 0.25) is 0 Å². The third-order valence-electron chi connectivity index (χ3n) is 4.77. The number of benzene rings is 2. The van der Waals surface area contributed by atoms with Gasteiger partial charge in [-0.05, 0) is 30.2 Å². The number of urea groups is 1. The summed E-state index contributed by atoms with van der Waals surface area (Å²) < 4.78 is 11.0. The number of carbonyl (C=O) groups excluding carboxylic acids is 2. The minimum atomic E-state index is -0.598. The number of hydrogen-bond donors (Lipinski definition) is 1. The number of allylic oxidation sites excluding steroid dienone is 1. The van der Waals surface area contributed by atoms with Gasteiger partial charge in [0.25, 0.3) is 0 Å². The van der Waals surface area contributed by atoms with E-state index in [2.05, 4.69) is 11.9 Å². The second kappa shape index (κ2) is 9.10. The van der Waals surface area contributed by atoms with Crippen LogP contribution in [0.5, 0.6) is 5.75 Å². The van der Waals surface area contributed by atoms with E-state index in [1.165, 1.54) is 11.0 Å². The van der Waals surface area contributed by atoms with Crippen LogP contribution in [0.3, 0.4) is 0 Å². The molecule has 0 saturated carbocycles. The first-order chi connectivity index (χ1) is 14.0. The zero-order chi connectivity index (χ0) is 20.8. The molecule has 0 aromatic heterocycles. The Kier molecular flexibility index (Phi) is 6.34. The highest BCUT2D eigenvalue weighted by atomic mass is 16.5. The Hall–Kier alpha value is -3.54. The summed E-state index contributed by atoms with van der Waals surface area (Å²) in [6.07, 6.45) is 1.51. The van der Waals surface area contributed by atoms with E-state index >= 15 is 0 Å². The fraction of sp³-hybridized carbons (Fsp3) is 0.217. The molecular formula is C23H24N2O4. The van der Waals surface area contributed by atoms with Crippen molar-refractivity contribution < 1.29 is 19.1 Å². The fourth-order valence-electron chi connectivity index (χ4n) is 3.06. The van der Waals surface area contributed by atoms with Gasteiger partial charge in [-0.3, -0.25) is 0 Å². The van der Waals surface area contributed by atoms with Gasteiger partial charge in [0.05, 0.1) is 11.6 Å². The van der Waals surface area contributed by atoms with E-state index in [9.17, 15) is 9.59 Å². The van der Waals surface area contributed by atoms with Crippen LogP contribution in [0.1, 0.15) is 24.1 Å². The van der Waals surface area contributed by atoms with Gasteiger partial charge in [0.1, 0.15) is 19.0 Å². The predicted octanol–water partition coefficient (Wildman–Crippen LogP) is 3.96. The molecule has 1 heterocycles. The molecule has 1 aliphatic rings. The van der Waals surface area contributed by atoms with E-state index in [-0.39, 0.29) is 12.6 Å². The number of nitrogens with one attached hydrogen (secondary N) is 1. The summed E-state index contributed by atoms with van der Waals surface area (Å²) in [7, 11) is 1.61.